The van der Waals surface area contributed by atoms with E-state index < -0.39 is 11.5 Å². The Kier molecular flexibility index (Phi) is 7.67. The van der Waals surface area contributed by atoms with Gasteiger partial charge in [-0.15, -0.1) is 0 Å². The van der Waals surface area contributed by atoms with E-state index in [4.69, 9.17) is 5.10 Å². The minimum absolute atomic E-state index is 0.0457. The summed E-state index contributed by atoms with van der Waals surface area (Å²) < 4.78 is 3.46. The van der Waals surface area contributed by atoms with Gasteiger partial charge in [0.2, 0.25) is 5.91 Å². The summed E-state index contributed by atoms with van der Waals surface area (Å²) in [6, 6.07) is 5.50. The molecule has 3 aromatic heterocycles. The van der Waals surface area contributed by atoms with E-state index in [0.29, 0.717) is 36.8 Å². The Bertz CT molecular complexity index is 1950. The van der Waals surface area contributed by atoms with Gasteiger partial charge >= 0.3 is 0 Å². The minimum Gasteiger partial charge on any atom is -0.327 e. The van der Waals surface area contributed by atoms with Crippen molar-refractivity contribution in [3.63, 3.8) is 0 Å². The Hall–Kier alpha value is -4.21. The Morgan fingerprint density at radius 3 is 2.55 bits per heavy atom. The molecule has 1 aromatic carbocycles. The topological polar surface area (TPSA) is 120 Å². The molecule has 1 aliphatic carbocycles. The smallest absolute Gasteiger partial charge is 0.245 e. The molecule has 1 amide bonds. The van der Waals surface area contributed by atoms with Gasteiger partial charge in [0, 0.05) is 60.6 Å². The molecule has 47 heavy (non-hydrogen) atoms. The summed E-state index contributed by atoms with van der Waals surface area (Å²) in [4.78, 5) is 60.3. The molecule has 0 N–H and O–H groups in total. The molecule has 7 rings (SSSR count). The molecule has 1 saturated carbocycles. The molecule has 246 valence electrons. The molecule has 5 heterocycles. The molecular formula is C37H44N6O4. The molecule has 0 radical (unpaired) electrons. The van der Waals surface area contributed by atoms with E-state index in [1.807, 2.05) is 43.3 Å². The maximum atomic E-state index is 14.2. The second-order valence-corrected chi connectivity index (χ2v) is 14.8. The summed E-state index contributed by atoms with van der Waals surface area (Å²) in [5.41, 5.74) is 4.93. The van der Waals surface area contributed by atoms with Crippen LogP contribution in [0.3, 0.4) is 0 Å². The summed E-state index contributed by atoms with van der Waals surface area (Å²) in [6.07, 6.45) is 11.1. The van der Waals surface area contributed by atoms with Crippen LogP contribution in [-0.2, 0) is 27.3 Å². The lowest BCUT2D eigenvalue weighted by Gasteiger charge is -2.27. The van der Waals surface area contributed by atoms with Gasteiger partial charge in [0.05, 0.1) is 17.3 Å². The number of ketones is 3. The van der Waals surface area contributed by atoms with Gasteiger partial charge < -0.3 is 4.90 Å². The van der Waals surface area contributed by atoms with E-state index in [9.17, 15) is 19.2 Å². The number of benzene rings is 1. The SMILES string of the molecule is CCC(=O)[C@@H]1C[C@]23CCC(=O)C(C)(C)CCCCCc4cc(-c5cnc6cc(C)nn6c5)cc5c(C(C)=O)nn(c45)CC(=O)N1[C@@H]2C3. The fourth-order valence-corrected chi connectivity index (χ4v) is 8.25. The number of aromatic nitrogens is 5. The van der Waals surface area contributed by atoms with Crippen molar-refractivity contribution < 1.29 is 19.2 Å². The average Bonchev–Trinajstić information content (AvgIpc) is 3.28. The van der Waals surface area contributed by atoms with Crippen molar-refractivity contribution in [2.75, 3.05) is 0 Å². The molecular weight excluding hydrogens is 592 g/mol. The molecule has 3 atom stereocenters. The molecule has 2 aliphatic heterocycles. The lowest BCUT2D eigenvalue weighted by Crippen LogP contribution is -2.44. The zero-order valence-corrected chi connectivity index (χ0v) is 28.1. The van der Waals surface area contributed by atoms with Crippen molar-refractivity contribution in [1.82, 2.24) is 29.3 Å². The van der Waals surface area contributed by atoms with Crippen molar-refractivity contribution in [2.24, 2.45) is 10.8 Å². The summed E-state index contributed by atoms with van der Waals surface area (Å²) in [6.45, 7) is 9.34. The fourth-order valence-electron chi connectivity index (χ4n) is 8.25. The first-order valence-corrected chi connectivity index (χ1v) is 17.1. The number of amides is 1. The molecule has 10 nitrogen and oxygen atoms in total. The molecule has 2 bridgehead atoms. The van der Waals surface area contributed by atoms with Crippen LogP contribution in [0.25, 0.3) is 27.7 Å². The van der Waals surface area contributed by atoms with Gasteiger partial charge in [0.25, 0.3) is 0 Å². The van der Waals surface area contributed by atoms with Crippen LogP contribution in [0, 0.1) is 17.8 Å². The van der Waals surface area contributed by atoms with Crippen molar-refractivity contribution in [3.8, 4) is 11.1 Å². The first-order chi connectivity index (χ1) is 22.4. The molecule has 1 saturated heterocycles. The summed E-state index contributed by atoms with van der Waals surface area (Å²) in [5, 5.41) is 10.0. The summed E-state index contributed by atoms with van der Waals surface area (Å²) in [5.74, 6) is 0.00434. The van der Waals surface area contributed by atoms with Crippen molar-refractivity contribution in [2.45, 2.75) is 117 Å². The Morgan fingerprint density at radius 2 is 1.79 bits per heavy atom. The first-order valence-electron chi connectivity index (χ1n) is 17.1. The number of fused-ring (bicyclic) bond motifs is 1. The van der Waals surface area contributed by atoms with E-state index in [1.54, 1.807) is 9.20 Å². The number of hydrogen-bond acceptors (Lipinski definition) is 7. The van der Waals surface area contributed by atoms with Crippen molar-refractivity contribution >= 4 is 39.8 Å². The summed E-state index contributed by atoms with van der Waals surface area (Å²) in [7, 11) is 0. The number of Topliss-reactive ketones (excluding diaryl/α,β-unsaturated/α-hetero) is 3. The van der Waals surface area contributed by atoms with Crippen LogP contribution >= 0.6 is 0 Å². The van der Waals surface area contributed by atoms with E-state index in [1.165, 1.54) is 6.92 Å². The van der Waals surface area contributed by atoms with E-state index in [0.717, 1.165) is 72.1 Å². The number of carbonyl (C=O) groups is 4. The molecule has 0 spiro atoms. The first kappa shape index (κ1) is 31.4. The van der Waals surface area contributed by atoms with E-state index >= 15 is 0 Å². The molecule has 10 heteroatoms. The molecule has 4 aromatic rings. The highest BCUT2D eigenvalue weighted by Gasteiger charge is 2.66. The number of piperidine rings is 1. The number of rotatable bonds is 4. The second kappa shape index (κ2) is 11.5. The third-order valence-corrected chi connectivity index (χ3v) is 11.1. The number of aryl methyl sites for hydroxylation is 2. The molecule has 2 fully saturated rings. The maximum Gasteiger partial charge on any atom is 0.245 e. The quantitative estimate of drug-likeness (QED) is 0.249. The minimum atomic E-state index is -0.484. The van der Waals surface area contributed by atoms with Crippen LogP contribution in [0.5, 0.6) is 0 Å². The summed E-state index contributed by atoms with van der Waals surface area (Å²) >= 11 is 0. The van der Waals surface area contributed by atoms with Crippen LogP contribution in [-0.4, -0.2) is 64.6 Å². The van der Waals surface area contributed by atoms with Gasteiger partial charge in [-0.2, -0.15) is 10.2 Å². The third-order valence-electron chi connectivity index (χ3n) is 11.1. The molecule has 3 aliphatic rings. The van der Waals surface area contributed by atoms with Gasteiger partial charge in [-0.1, -0.05) is 33.6 Å². The number of carbonyl (C=O) groups excluding carboxylic acids is 4. The monoisotopic (exact) mass is 636 g/mol. The predicted molar refractivity (Wildman–Crippen MR) is 178 cm³/mol. The second-order valence-electron chi connectivity index (χ2n) is 14.8. The number of nitrogens with zero attached hydrogens (tertiary/aromatic N) is 6. The van der Waals surface area contributed by atoms with E-state index in [2.05, 4.69) is 30.0 Å². The average molecular weight is 637 g/mol. The lowest BCUT2D eigenvalue weighted by molar-refractivity contribution is -0.139. The van der Waals surface area contributed by atoms with Crippen LogP contribution < -0.4 is 0 Å². The fraction of sp³-hybridized carbons (Fsp3) is 0.541. The van der Waals surface area contributed by atoms with Gasteiger partial charge in [0.1, 0.15) is 18.0 Å². The third kappa shape index (κ3) is 5.49. The highest BCUT2D eigenvalue weighted by Crippen LogP contribution is 2.62. The zero-order chi connectivity index (χ0) is 33.2. The lowest BCUT2D eigenvalue weighted by atomic mass is 9.79. The zero-order valence-electron chi connectivity index (χ0n) is 28.1. The normalized spacial score (nSPS) is 24.8. The van der Waals surface area contributed by atoms with Crippen LogP contribution in [0.2, 0.25) is 0 Å². The van der Waals surface area contributed by atoms with Crippen LogP contribution in [0.1, 0.15) is 107 Å². The highest BCUT2D eigenvalue weighted by molar-refractivity contribution is 6.07. The Morgan fingerprint density at radius 1 is 0.979 bits per heavy atom. The molecule has 0 unspecified atom stereocenters. The van der Waals surface area contributed by atoms with Gasteiger partial charge in [-0.3, -0.25) is 23.9 Å². The van der Waals surface area contributed by atoms with Gasteiger partial charge in [-0.25, -0.2) is 9.50 Å². The van der Waals surface area contributed by atoms with Crippen molar-refractivity contribution in [3.05, 3.63) is 47.5 Å². The highest BCUT2D eigenvalue weighted by atomic mass is 16.2. The Balaban J connectivity index is 1.34. The van der Waals surface area contributed by atoms with Gasteiger partial charge in [0.15, 0.2) is 17.2 Å². The van der Waals surface area contributed by atoms with Crippen LogP contribution in [0.15, 0.2) is 30.6 Å². The van der Waals surface area contributed by atoms with Gasteiger partial charge in [-0.05, 0) is 74.1 Å². The van der Waals surface area contributed by atoms with Crippen molar-refractivity contribution in [1.29, 1.82) is 0 Å². The standard InChI is InChI=1S/C37H44N6O4/c1-6-29(45)28-17-37-13-11-31(46)36(4,5)12-9-7-8-10-24-15-25(26-19-38-32-14-22(2)39-41(32)20-26)16-27-34(23(3)44)40-42(35(24)27)21-33(47)43(28)30(37)18-37/h14-16,19-20,28,30H,6-13,17-18,21H2,1-5H3/t28-,30+,37-/m0/s1. The largest absolute Gasteiger partial charge is 0.327 e. The van der Waals surface area contributed by atoms with E-state index in [-0.39, 0.29) is 41.3 Å². The Labute approximate surface area is 274 Å². The number of hydrogen-bond donors (Lipinski definition) is 0. The maximum absolute atomic E-state index is 14.2. The predicted octanol–water partition coefficient (Wildman–Crippen LogP) is 6.09. The van der Waals surface area contributed by atoms with Crippen LogP contribution in [0.4, 0.5) is 0 Å².